The average Bonchev–Trinajstić information content (AvgIpc) is 2.91. The molecule has 90 valence electrons. The van der Waals surface area contributed by atoms with Gasteiger partial charge in [0.05, 0.1) is 11.2 Å². The molecule has 1 aliphatic rings. The van der Waals surface area contributed by atoms with Gasteiger partial charge in [-0.2, -0.15) is 4.73 Å². The molecule has 1 saturated heterocycles. The lowest BCUT2D eigenvalue weighted by molar-refractivity contribution is 0.193. The van der Waals surface area contributed by atoms with Gasteiger partial charge in [-0.05, 0) is 50.6 Å². The number of rotatable bonds is 2. The predicted octanol–water partition coefficient (Wildman–Crippen LogP) is 2.18. The normalized spacial score (nSPS) is 17.0. The van der Waals surface area contributed by atoms with E-state index in [0.717, 1.165) is 23.3 Å². The maximum atomic E-state index is 9.85. The molecule has 17 heavy (non-hydrogen) atoms. The first-order chi connectivity index (χ1) is 8.24. The van der Waals surface area contributed by atoms with Gasteiger partial charge in [-0.1, -0.05) is 0 Å². The van der Waals surface area contributed by atoms with Crippen molar-refractivity contribution >= 4 is 11.0 Å². The Morgan fingerprint density at radius 1 is 1.29 bits per heavy atom. The monoisotopic (exact) mass is 231 g/mol. The summed E-state index contributed by atoms with van der Waals surface area (Å²) in [6, 6.07) is 3.93. The van der Waals surface area contributed by atoms with Crippen molar-refractivity contribution in [2.75, 3.05) is 13.1 Å². The zero-order valence-corrected chi connectivity index (χ0v) is 10.1. The Morgan fingerprint density at radius 3 is 2.82 bits per heavy atom. The molecule has 0 atom stereocenters. The minimum atomic E-state index is 0.805. The molecule has 2 aromatic rings. The summed E-state index contributed by atoms with van der Waals surface area (Å²) in [5, 5.41) is 9.85. The number of likely N-dealkylation sites (tertiary alicyclic amines) is 1. The standard InChI is InChI=1S/C13H17N3O/c1-10-6-12-13(16(10)17)7-11(8-14-12)9-15-4-2-3-5-15/h6-8,17H,2-5,9H2,1H3. The van der Waals surface area contributed by atoms with E-state index in [1.807, 2.05) is 25.3 Å². The fourth-order valence-corrected chi connectivity index (χ4v) is 2.52. The Balaban J connectivity index is 1.92. The van der Waals surface area contributed by atoms with Gasteiger partial charge in [0.1, 0.15) is 5.52 Å². The van der Waals surface area contributed by atoms with E-state index < -0.39 is 0 Å². The topological polar surface area (TPSA) is 41.3 Å². The molecule has 1 aliphatic heterocycles. The first-order valence-electron chi connectivity index (χ1n) is 6.12. The zero-order chi connectivity index (χ0) is 11.8. The number of fused-ring (bicyclic) bond motifs is 1. The molecule has 0 saturated carbocycles. The third-order valence-electron chi connectivity index (χ3n) is 3.47. The van der Waals surface area contributed by atoms with Gasteiger partial charge in [0.25, 0.3) is 0 Å². The second kappa shape index (κ2) is 4.04. The van der Waals surface area contributed by atoms with Crippen LogP contribution in [0, 0.1) is 6.92 Å². The lowest BCUT2D eigenvalue weighted by Gasteiger charge is -2.14. The maximum absolute atomic E-state index is 9.85. The Kier molecular flexibility index (Phi) is 2.52. The molecule has 4 heteroatoms. The first-order valence-corrected chi connectivity index (χ1v) is 6.12. The van der Waals surface area contributed by atoms with Crippen molar-refractivity contribution in [2.24, 2.45) is 0 Å². The molecule has 0 aliphatic carbocycles. The summed E-state index contributed by atoms with van der Waals surface area (Å²) in [6.07, 6.45) is 4.51. The molecular weight excluding hydrogens is 214 g/mol. The van der Waals surface area contributed by atoms with Crippen molar-refractivity contribution in [3.63, 3.8) is 0 Å². The number of pyridine rings is 1. The van der Waals surface area contributed by atoms with Gasteiger partial charge in [0, 0.05) is 12.7 Å². The largest absolute Gasteiger partial charge is 0.428 e. The van der Waals surface area contributed by atoms with Gasteiger partial charge in [0.2, 0.25) is 0 Å². The summed E-state index contributed by atoms with van der Waals surface area (Å²) in [7, 11) is 0. The van der Waals surface area contributed by atoms with Gasteiger partial charge in [-0.25, -0.2) is 0 Å². The van der Waals surface area contributed by atoms with Crippen LogP contribution in [-0.2, 0) is 6.54 Å². The minimum absolute atomic E-state index is 0.805. The van der Waals surface area contributed by atoms with Crippen molar-refractivity contribution in [1.82, 2.24) is 14.6 Å². The van der Waals surface area contributed by atoms with Crippen molar-refractivity contribution in [1.29, 1.82) is 0 Å². The third-order valence-corrected chi connectivity index (χ3v) is 3.47. The number of nitrogens with zero attached hydrogens (tertiary/aromatic N) is 3. The summed E-state index contributed by atoms with van der Waals surface area (Å²) < 4.78 is 1.22. The molecule has 0 radical (unpaired) electrons. The number of hydrogen-bond acceptors (Lipinski definition) is 3. The van der Waals surface area contributed by atoms with E-state index in [1.54, 1.807) is 0 Å². The number of aromatic nitrogens is 2. The highest BCUT2D eigenvalue weighted by atomic mass is 16.5. The lowest BCUT2D eigenvalue weighted by atomic mass is 10.2. The summed E-state index contributed by atoms with van der Waals surface area (Å²) in [5.41, 5.74) is 3.66. The third kappa shape index (κ3) is 1.89. The highest BCUT2D eigenvalue weighted by Crippen LogP contribution is 2.19. The molecule has 4 nitrogen and oxygen atoms in total. The molecule has 0 amide bonds. The molecule has 1 fully saturated rings. The highest BCUT2D eigenvalue weighted by molar-refractivity contribution is 5.77. The van der Waals surface area contributed by atoms with E-state index in [1.165, 1.54) is 36.2 Å². The van der Waals surface area contributed by atoms with E-state index in [9.17, 15) is 5.21 Å². The molecule has 0 spiro atoms. The lowest BCUT2D eigenvalue weighted by Crippen LogP contribution is -2.18. The van der Waals surface area contributed by atoms with Crippen molar-refractivity contribution in [2.45, 2.75) is 26.3 Å². The van der Waals surface area contributed by atoms with Crippen LogP contribution >= 0.6 is 0 Å². The zero-order valence-electron chi connectivity index (χ0n) is 10.1. The van der Waals surface area contributed by atoms with E-state index in [4.69, 9.17) is 0 Å². The Hall–Kier alpha value is -1.55. The van der Waals surface area contributed by atoms with Crippen LogP contribution in [0.1, 0.15) is 24.1 Å². The van der Waals surface area contributed by atoms with Crippen LogP contribution in [0.5, 0.6) is 0 Å². The molecule has 0 bridgehead atoms. The van der Waals surface area contributed by atoms with E-state index in [2.05, 4.69) is 9.88 Å². The quantitative estimate of drug-likeness (QED) is 0.805. The van der Waals surface area contributed by atoms with Gasteiger partial charge >= 0.3 is 0 Å². The van der Waals surface area contributed by atoms with Crippen LogP contribution in [-0.4, -0.2) is 32.9 Å². The highest BCUT2D eigenvalue weighted by Gasteiger charge is 2.13. The van der Waals surface area contributed by atoms with Crippen LogP contribution in [0.2, 0.25) is 0 Å². The Bertz CT molecular complexity index is 541. The minimum Gasteiger partial charge on any atom is -0.428 e. The summed E-state index contributed by atoms with van der Waals surface area (Å²) in [6.45, 7) is 5.17. The van der Waals surface area contributed by atoms with Crippen LogP contribution in [0.15, 0.2) is 18.3 Å². The van der Waals surface area contributed by atoms with Crippen LogP contribution in [0.3, 0.4) is 0 Å². The van der Waals surface area contributed by atoms with E-state index >= 15 is 0 Å². The smallest absolute Gasteiger partial charge is 0.106 e. The molecule has 2 aromatic heterocycles. The summed E-state index contributed by atoms with van der Waals surface area (Å²) in [5.74, 6) is 0. The number of hydrogen-bond donors (Lipinski definition) is 1. The van der Waals surface area contributed by atoms with Gasteiger partial charge in [0.15, 0.2) is 0 Å². The van der Waals surface area contributed by atoms with E-state index in [0.29, 0.717) is 0 Å². The molecular formula is C13H17N3O. The van der Waals surface area contributed by atoms with E-state index in [-0.39, 0.29) is 0 Å². The van der Waals surface area contributed by atoms with Crippen LogP contribution < -0.4 is 0 Å². The van der Waals surface area contributed by atoms with Gasteiger partial charge in [-0.3, -0.25) is 9.88 Å². The molecule has 1 N–H and O–H groups in total. The van der Waals surface area contributed by atoms with Crippen molar-refractivity contribution in [3.8, 4) is 0 Å². The second-order valence-electron chi connectivity index (χ2n) is 4.83. The van der Waals surface area contributed by atoms with Gasteiger partial charge in [-0.15, -0.1) is 0 Å². The Labute approximate surface area is 100 Å². The molecule has 3 heterocycles. The molecule has 0 aromatic carbocycles. The average molecular weight is 231 g/mol. The SMILES string of the molecule is Cc1cc2ncc(CN3CCCC3)cc2n1O. The predicted molar refractivity (Wildman–Crippen MR) is 66.2 cm³/mol. The maximum Gasteiger partial charge on any atom is 0.106 e. The first kappa shape index (κ1) is 10.6. The summed E-state index contributed by atoms with van der Waals surface area (Å²) >= 11 is 0. The van der Waals surface area contributed by atoms with Crippen molar-refractivity contribution < 1.29 is 5.21 Å². The summed E-state index contributed by atoms with van der Waals surface area (Å²) in [4.78, 5) is 6.83. The number of aryl methyl sites for hydroxylation is 1. The fraction of sp³-hybridized carbons (Fsp3) is 0.462. The molecule has 3 rings (SSSR count). The van der Waals surface area contributed by atoms with Crippen LogP contribution in [0.4, 0.5) is 0 Å². The molecule has 0 unspecified atom stereocenters. The van der Waals surface area contributed by atoms with Crippen LogP contribution in [0.25, 0.3) is 11.0 Å². The second-order valence-corrected chi connectivity index (χ2v) is 4.83. The Morgan fingerprint density at radius 2 is 2.06 bits per heavy atom. The van der Waals surface area contributed by atoms with Crippen molar-refractivity contribution in [3.05, 3.63) is 29.6 Å². The van der Waals surface area contributed by atoms with Gasteiger partial charge < -0.3 is 5.21 Å². The fourth-order valence-electron chi connectivity index (χ4n) is 2.52.